The van der Waals surface area contributed by atoms with Crippen LogP contribution < -0.4 is 0 Å². The topological polar surface area (TPSA) is 142 Å². The third kappa shape index (κ3) is 12.9. The third-order valence-corrected chi connectivity index (χ3v) is 27.6. The summed E-state index contributed by atoms with van der Waals surface area (Å²) in [5.74, 6) is 5.23. The highest BCUT2D eigenvalue weighted by atomic mass is 32.2. The number of benzene rings is 2. The Morgan fingerprint density at radius 2 is 0.987 bits per heavy atom. The molecule has 79 heavy (non-hydrogen) atoms. The Balaban J connectivity index is 0.000000228. The van der Waals surface area contributed by atoms with E-state index in [0.717, 1.165) is 77.2 Å². The molecule has 8 aliphatic carbocycles. The monoisotopic (exact) mass is 1130 g/mol. The van der Waals surface area contributed by atoms with Gasteiger partial charge in [-0.15, -0.1) is 0 Å². The molecule has 1 aliphatic heterocycles. The molecule has 11 rings (SSSR count). The molecule has 3 N–H and O–H groups in total. The van der Waals surface area contributed by atoms with E-state index in [1.807, 2.05) is 38.1 Å². The molecule has 1 unspecified atom stereocenters. The molecule has 1 heterocycles. The summed E-state index contributed by atoms with van der Waals surface area (Å²) in [7, 11) is -6.84. The number of hydrogen-bond donors (Lipinski definition) is 3. The van der Waals surface area contributed by atoms with Gasteiger partial charge in [0.2, 0.25) is 0 Å². The maximum atomic E-state index is 14.0. The van der Waals surface area contributed by atoms with Crippen LogP contribution in [0.4, 0.5) is 0 Å². The van der Waals surface area contributed by atoms with E-state index in [1.54, 1.807) is 50.2 Å². The van der Waals surface area contributed by atoms with Crippen LogP contribution in [0.1, 0.15) is 215 Å². The van der Waals surface area contributed by atoms with Gasteiger partial charge in [-0.25, -0.2) is 16.8 Å². The van der Waals surface area contributed by atoms with Crippen LogP contribution in [0.25, 0.3) is 0 Å². The maximum Gasteiger partial charge on any atom is 0.181 e. The van der Waals surface area contributed by atoms with E-state index in [2.05, 4.69) is 67.5 Å². The molecule has 0 spiro atoms. The Kier molecular flexibility index (Phi) is 19.4. The minimum Gasteiger partial charge on any atom is -0.390 e. The first-order valence-corrected chi connectivity index (χ1v) is 33.2. The first-order valence-electron chi connectivity index (χ1n) is 30.0. The summed E-state index contributed by atoms with van der Waals surface area (Å²) in [4.78, 5) is 0.835. The molecule has 2 aromatic carbocycles. The van der Waals surface area contributed by atoms with E-state index in [9.17, 15) is 32.2 Å². The van der Waals surface area contributed by atoms with Gasteiger partial charge in [0.05, 0.1) is 49.8 Å². The highest BCUT2D eigenvalue weighted by Crippen LogP contribution is 2.70. The lowest BCUT2D eigenvalue weighted by Gasteiger charge is -2.59. The van der Waals surface area contributed by atoms with Crippen LogP contribution in [-0.4, -0.2) is 72.2 Å². The predicted octanol–water partition coefficient (Wildman–Crippen LogP) is 16.1. The van der Waals surface area contributed by atoms with Crippen molar-refractivity contribution < 1.29 is 36.9 Å². The fourth-order valence-corrected chi connectivity index (χ4v) is 22.9. The maximum absolute atomic E-state index is 14.0. The lowest BCUT2D eigenvalue weighted by molar-refractivity contribution is -0.0710. The molecule has 0 radical (unpaired) electrons. The quantitative estimate of drug-likeness (QED) is 0.158. The summed E-state index contributed by atoms with van der Waals surface area (Å²) in [6.45, 7) is 26.8. The fraction of sp³-hybridized carbons (Fsp3) is 0.768. The van der Waals surface area contributed by atoms with Crippen molar-refractivity contribution in [1.29, 1.82) is 0 Å². The lowest BCUT2D eigenvalue weighted by atomic mass is 9.46. The SMILES string of the molecule is C.C.C.CC1(C)CO1.C[C@H](C(CC(C)(C)O)S(=O)(=O)c1ccccc1)[C@H]1CC[C@H]2[C@@H]3CC=C4C[C@@](C)(O)CC[C@]4(C)[C@H]3CC[C@]12C.C[C@H](CS(=O)(=O)c1ccccc1)[C@H]1CC[C@H]2[C@@H]3CC=C4C[C@@](C)(O)CC[C@]4(C)[C@H]3CC[C@]12C. The van der Waals surface area contributed by atoms with Crippen LogP contribution in [0, 0.1) is 80.8 Å². The molecule has 17 atom stereocenters. The molecular weight excluding hydrogens is 1020 g/mol. The number of sulfone groups is 2. The Morgan fingerprint density at radius 1 is 0.582 bits per heavy atom. The molecule has 0 amide bonds. The normalized spacial score (nSPS) is 39.8. The van der Waals surface area contributed by atoms with E-state index < -0.39 is 41.7 Å². The standard InChI is InChI=1S/C33H50O4S.C29H42O3S.C4H8O.3CH4/c1-22(29(21-30(2,3)34)38(36,37)24-10-8-7-9-11-24)26-14-15-27-25-13-12-23-20-31(4,35)18-19-32(23,5)28(25)16-17-33(26,27)6;1-20(19-33(31,32)22-8-6-5-7-9-22)24-12-13-25-23-11-10-21-18-27(2,30)16-17-28(21,3)26(23)14-15-29(24,25)4;1-4(2)3-5-4;;;/h7-12,22,25-29,34-35H,13-21H2,1-6H3;5-10,20,23-26,30H,11-19H2,1-4H3;3H2,1-2H3;3*1H4/t22-,25-,26+,27-,28-,29?,31-,32-,33+;20-,23+,24-,25+,26+,27+,28+,29-;;;;/m01..../s1. The minimum absolute atomic E-state index is 0. The van der Waals surface area contributed by atoms with Crippen molar-refractivity contribution in [3.8, 4) is 0 Å². The summed E-state index contributed by atoms with van der Waals surface area (Å²) in [5.41, 5.74) is 1.87. The molecule has 7 fully saturated rings. The van der Waals surface area contributed by atoms with Crippen molar-refractivity contribution in [3.05, 3.63) is 84.0 Å². The molecule has 0 bridgehead atoms. The smallest absolute Gasteiger partial charge is 0.181 e. The number of epoxide rings is 1. The van der Waals surface area contributed by atoms with Gasteiger partial charge < -0.3 is 20.1 Å². The van der Waals surface area contributed by atoms with Crippen LogP contribution in [0.15, 0.2) is 93.8 Å². The van der Waals surface area contributed by atoms with Crippen LogP contribution in [0.5, 0.6) is 0 Å². The first kappa shape index (κ1) is 65.8. The predicted molar refractivity (Wildman–Crippen MR) is 327 cm³/mol. The van der Waals surface area contributed by atoms with Gasteiger partial charge in [-0.3, -0.25) is 0 Å². The van der Waals surface area contributed by atoms with Crippen molar-refractivity contribution in [2.75, 3.05) is 12.4 Å². The number of aliphatic hydroxyl groups is 3. The second-order valence-corrected chi connectivity index (χ2v) is 33.9. The zero-order chi connectivity index (χ0) is 55.3. The van der Waals surface area contributed by atoms with E-state index >= 15 is 0 Å². The molecule has 9 aliphatic rings. The summed E-state index contributed by atoms with van der Waals surface area (Å²) < 4.78 is 59.2. The molecule has 8 nitrogen and oxygen atoms in total. The van der Waals surface area contributed by atoms with Gasteiger partial charge in [0, 0.05) is 0 Å². The molecule has 448 valence electrons. The van der Waals surface area contributed by atoms with Crippen molar-refractivity contribution in [2.45, 2.75) is 252 Å². The van der Waals surface area contributed by atoms with Crippen LogP contribution in [0.3, 0.4) is 0 Å². The molecule has 6 saturated carbocycles. The number of rotatable bonds is 10. The zero-order valence-corrected chi connectivity index (χ0v) is 50.5. The van der Waals surface area contributed by atoms with Gasteiger partial charge in [0.15, 0.2) is 19.7 Å². The van der Waals surface area contributed by atoms with Gasteiger partial charge in [-0.2, -0.15) is 0 Å². The van der Waals surface area contributed by atoms with E-state index in [1.165, 1.54) is 43.3 Å². The summed E-state index contributed by atoms with van der Waals surface area (Å²) in [6, 6.07) is 17.8. The van der Waals surface area contributed by atoms with E-state index in [0.29, 0.717) is 57.1 Å². The largest absolute Gasteiger partial charge is 0.390 e. The highest BCUT2D eigenvalue weighted by Gasteiger charge is 2.62. The van der Waals surface area contributed by atoms with Crippen molar-refractivity contribution in [1.82, 2.24) is 0 Å². The number of allylic oxidation sites excluding steroid dienone is 2. The molecular formula is C69H112O8S2. The fourth-order valence-electron chi connectivity index (χ4n) is 18.9. The Hall–Kier alpha value is -2.34. The third-order valence-electron chi connectivity index (χ3n) is 23.3. The first-order chi connectivity index (χ1) is 35.3. The Labute approximate surface area is 483 Å². The number of ether oxygens (including phenoxy) is 1. The number of hydrogen-bond acceptors (Lipinski definition) is 8. The Bertz CT molecular complexity index is 2680. The second kappa shape index (κ2) is 23.3. The summed E-state index contributed by atoms with van der Waals surface area (Å²) in [5, 5.41) is 31.7. The van der Waals surface area contributed by atoms with Gasteiger partial charge in [0.1, 0.15) is 0 Å². The van der Waals surface area contributed by atoms with Crippen LogP contribution in [0.2, 0.25) is 0 Å². The number of fused-ring (bicyclic) bond motifs is 10. The van der Waals surface area contributed by atoms with Gasteiger partial charge in [0.25, 0.3) is 0 Å². The minimum atomic E-state index is -3.59. The van der Waals surface area contributed by atoms with Gasteiger partial charge in [-0.05, 0) is 256 Å². The van der Waals surface area contributed by atoms with E-state index in [-0.39, 0.29) is 73.6 Å². The average Bonchev–Trinajstić information content (AvgIpc) is 4.05. The van der Waals surface area contributed by atoms with Crippen LogP contribution >= 0.6 is 0 Å². The second-order valence-electron chi connectivity index (χ2n) is 29.7. The molecule has 1 saturated heterocycles. The van der Waals surface area contributed by atoms with Gasteiger partial charge >= 0.3 is 0 Å². The Morgan fingerprint density at radius 3 is 1.41 bits per heavy atom. The molecule has 0 aromatic heterocycles. The van der Waals surface area contributed by atoms with Crippen molar-refractivity contribution >= 4 is 19.7 Å². The summed E-state index contributed by atoms with van der Waals surface area (Å²) in [6.07, 6.45) is 22.5. The van der Waals surface area contributed by atoms with Gasteiger partial charge in [-0.1, -0.05) is 124 Å². The summed E-state index contributed by atoms with van der Waals surface area (Å²) >= 11 is 0. The highest BCUT2D eigenvalue weighted by molar-refractivity contribution is 7.92. The van der Waals surface area contributed by atoms with Crippen LogP contribution in [-0.2, 0) is 24.4 Å². The van der Waals surface area contributed by atoms with Crippen molar-refractivity contribution in [3.63, 3.8) is 0 Å². The zero-order valence-electron chi connectivity index (χ0n) is 48.9. The lowest BCUT2D eigenvalue weighted by Crippen LogP contribution is -2.52. The molecule has 2 aromatic rings. The average molecular weight is 1130 g/mol. The van der Waals surface area contributed by atoms with E-state index in [4.69, 9.17) is 4.74 Å². The molecule has 10 heteroatoms. The van der Waals surface area contributed by atoms with Crippen molar-refractivity contribution in [2.24, 2.45) is 80.8 Å².